The summed E-state index contributed by atoms with van der Waals surface area (Å²) in [7, 11) is 0. The number of nitro groups is 1. The minimum absolute atomic E-state index is 0.0337. The van der Waals surface area contributed by atoms with Crippen molar-refractivity contribution in [1.82, 2.24) is 10.3 Å². The molecule has 4 rings (SSSR count). The van der Waals surface area contributed by atoms with Gasteiger partial charge in [0.05, 0.1) is 22.6 Å². The normalized spacial score (nSPS) is 18.4. The molecule has 0 radical (unpaired) electrons. The Balaban J connectivity index is 1.82. The standard InChI is InChI=1S/C25H28ClN3O4/c1-14-9-15(2)11-17(10-14)23-24(33-8-7-18-6-4-5-16(3)27-18)19-12-22(29(31)32)20(26)13-21(19)28-25(23)30/h9-13,16,18,27H,4-8H2,1-3H3,(H,28,30). The van der Waals surface area contributed by atoms with Gasteiger partial charge in [-0.15, -0.1) is 0 Å². The predicted octanol–water partition coefficient (Wildman–Crippen LogP) is 5.67. The van der Waals surface area contributed by atoms with E-state index in [1.165, 1.54) is 18.6 Å². The number of piperidine rings is 1. The summed E-state index contributed by atoms with van der Waals surface area (Å²) in [6.07, 6.45) is 4.19. The van der Waals surface area contributed by atoms with Gasteiger partial charge in [0.15, 0.2) is 0 Å². The molecule has 0 aliphatic carbocycles. The number of aryl methyl sites for hydroxylation is 2. The summed E-state index contributed by atoms with van der Waals surface area (Å²) in [5.74, 6) is 0.349. The van der Waals surface area contributed by atoms with Gasteiger partial charge in [0.2, 0.25) is 0 Å². The molecule has 1 aromatic heterocycles. The van der Waals surface area contributed by atoms with E-state index in [2.05, 4.69) is 17.2 Å². The molecule has 1 aliphatic heterocycles. The summed E-state index contributed by atoms with van der Waals surface area (Å²) in [5, 5.41) is 15.6. The molecule has 0 saturated carbocycles. The van der Waals surface area contributed by atoms with E-state index in [4.69, 9.17) is 16.3 Å². The number of hydrogen-bond acceptors (Lipinski definition) is 5. The monoisotopic (exact) mass is 469 g/mol. The van der Waals surface area contributed by atoms with Gasteiger partial charge in [-0.25, -0.2) is 0 Å². The lowest BCUT2D eigenvalue weighted by Gasteiger charge is -2.28. The Hall–Kier alpha value is -2.90. The first-order valence-electron chi connectivity index (χ1n) is 11.2. The Morgan fingerprint density at radius 2 is 1.88 bits per heavy atom. The number of ether oxygens (including phenoxy) is 1. The molecule has 0 spiro atoms. The fraction of sp³-hybridized carbons (Fsp3) is 0.400. The van der Waals surface area contributed by atoms with Crippen LogP contribution in [-0.4, -0.2) is 28.6 Å². The summed E-state index contributed by atoms with van der Waals surface area (Å²) in [5.41, 5.74) is 2.97. The number of benzene rings is 2. The summed E-state index contributed by atoms with van der Waals surface area (Å²) in [6, 6.07) is 9.49. The van der Waals surface area contributed by atoms with E-state index in [9.17, 15) is 14.9 Å². The van der Waals surface area contributed by atoms with Crippen LogP contribution < -0.4 is 15.6 Å². The Morgan fingerprint density at radius 1 is 1.15 bits per heavy atom. The molecule has 33 heavy (non-hydrogen) atoms. The lowest BCUT2D eigenvalue weighted by atomic mass is 9.97. The van der Waals surface area contributed by atoms with Crippen molar-refractivity contribution in [2.75, 3.05) is 6.61 Å². The maximum Gasteiger partial charge on any atom is 0.288 e. The van der Waals surface area contributed by atoms with Crippen molar-refractivity contribution in [2.24, 2.45) is 0 Å². The molecule has 1 aliphatic rings. The lowest BCUT2D eigenvalue weighted by molar-refractivity contribution is -0.384. The van der Waals surface area contributed by atoms with Crippen LogP contribution in [0.15, 0.2) is 35.1 Å². The topological polar surface area (TPSA) is 97.3 Å². The van der Waals surface area contributed by atoms with Gasteiger partial charge in [-0.05, 0) is 51.7 Å². The van der Waals surface area contributed by atoms with E-state index in [-0.39, 0.29) is 16.3 Å². The first-order chi connectivity index (χ1) is 15.7. The van der Waals surface area contributed by atoms with Crippen LogP contribution in [0.1, 0.15) is 43.7 Å². The molecule has 174 valence electrons. The van der Waals surface area contributed by atoms with Crippen molar-refractivity contribution in [3.63, 3.8) is 0 Å². The van der Waals surface area contributed by atoms with E-state index in [1.54, 1.807) is 0 Å². The van der Waals surface area contributed by atoms with Crippen LogP contribution in [0.2, 0.25) is 5.02 Å². The molecular weight excluding hydrogens is 442 g/mol. The SMILES string of the molecule is Cc1cc(C)cc(-c2c(OCCC3CCCC(C)N3)c3cc([N+](=O)[O-])c(Cl)cc3[nH]c2=O)c1. The van der Waals surface area contributed by atoms with Crippen molar-refractivity contribution in [3.8, 4) is 16.9 Å². The third-order valence-electron chi connectivity index (χ3n) is 6.16. The van der Waals surface area contributed by atoms with E-state index < -0.39 is 4.92 Å². The highest BCUT2D eigenvalue weighted by atomic mass is 35.5. The zero-order valence-corrected chi connectivity index (χ0v) is 19.8. The first-order valence-corrected chi connectivity index (χ1v) is 11.6. The molecule has 2 aromatic carbocycles. The van der Waals surface area contributed by atoms with Gasteiger partial charge in [-0.3, -0.25) is 14.9 Å². The van der Waals surface area contributed by atoms with E-state index in [0.717, 1.165) is 30.4 Å². The van der Waals surface area contributed by atoms with Gasteiger partial charge < -0.3 is 15.0 Å². The van der Waals surface area contributed by atoms with E-state index in [0.29, 0.717) is 46.5 Å². The van der Waals surface area contributed by atoms with Crippen molar-refractivity contribution in [3.05, 3.63) is 66.9 Å². The third kappa shape index (κ3) is 5.04. The highest BCUT2D eigenvalue weighted by molar-refractivity contribution is 6.33. The van der Waals surface area contributed by atoms with Crippen LogP contribution in [-0.2, 0) is 0 Å². The van der Waals surface area contributed by atoms with Gasteiger partial charge in [0, 0.05) is 23.5 Å². The second-order valence-electron chi connectivity index (χ2n) is 8.97. The second kappa shape index (κ2) is 9.53. The molecule has 7 nitrogen and oxygen atoms in total. The number of fused-ring (bicyclic) bond motifs is 1. The number of nitrogens with zero attached hydrogens (tertiary/aromatic N) is 1. The minimum Gasteiger partial charge on any atom is -0.492 e. The quantitative estimate of drug-likeness (QED) is 0.358. The van der Waals surface area contributed by atoms with Gasteiger partial charge >= 0.3 is 0 Å². The number of H-pyrrole nitrogens is 1. The van der Waals surface area contributed by atoms with Crippen molar-refractivity contribution < 1.29 is 9.66 Å². The molecular formula is C25H28ClN3O4. The Morgan fingerprint density at radius 3 is 2.55 bits per heavy atom. The average Bonchev–Trinajstić information content (AvgIpc) is 2.72. The second-order valence-corrected chi connectivity index (χ2v) is 9.38. The number of pyridine rings is 1. The molecule has 2 unspecified atom stereocenters. The highest BCUT2D eigenvalue weighted by Crippen LogP contribution is 2.38. The minimum atomic E-state index is -0.527. The summed E-state index contributed by atoms with van der Waals surface area (Å²) >= 11 is 6.11. The zero-order valence-electron chi connectivity index (χ0n) is 19.0. The van der Waals surface area contributed by atoms with Crippen LogP contribution >= 0.6 is 11.6 Å². The highest BCUT2D eigenvalue weighted by Gasteiger charge is 2.23. The molecule has 0 bridgehead atoms. The fourth-order valence-corrected chi connectivity index (χ4v) is 4.95. The van der Waals surface area contributed by atoms with Crippen molar-refractivity contribution in [2.45, 2.75) is 58.5 Å². The lowest BCUT2D eigenvalue weighted by Crippen LogP contribution is -2.41. The van der Waals surface area contributed by atoms with Crippen LogP contribution in [0.3, 0.4) is 0 Å². The predicted molar refractivity (Wildman–Crippen MR) is 131 cm³/mol. The van der Waals surface area contributed by atoms with Crippen molar-refractivity contribution in [1.29, 1.82) is 0 Å². The Kier molecular flexibility index (Phi) is 6.72. The molecule has 2 atom stereocenters. The number of aromatic nitrogens is 1. The maximum absolute atomic E-state index is 13.2. The van der Waals surface area contributed by atoms with E-state index >= 15 is 0 Å². The number of nitrogens with one attached hydrogen (secondary N) is 2. The molecule has 2 N–H and O–H groups in total. The summed E-state index contributed by atoms with van der Waals surface area (Å²) in [4.78, 5) is 27.0. The third-order valence-corrected chi connectivity index (χ3v) is 6.47. The largest absolute Gasteiger partial charge is 0.492 e. The number of halogens is 1. The molecule has 1 fully saturated rings. The van der Waals surface area contributed by atoms with Crippen molar-refractivity contribution >= 4 is 28.2 Å². The maximum atomic E-state index is 13.2. The molecule has 8 heteroatoms. The Labute approximate surface area is 197 Å². The smallest absolute Gasteiger partial charge is 0.288 e. The fourth-order valence-electron chi connectivity index (χ4n) is 4.72. The van der Waals surface area contributed by atoms with Crippen LogP contribution in [0.25, 0.3) is 22.0 Å². The molecule has 3 aromatic rings. The summed E-state index contributed by atoms with van der Waals surface area (Å²) in [6.45, 7) is 6.50. The van der Waals surface area contributed by atoms with Gasteiger partial charge in [-0.2, -0.15) is 0 Å². The van der Waals surface area contributed by atoms with E-state index in [1.807, 2.05) is 32.0 Å². The van der Waals surface area contributed by atoms with Crippen LogP contribution in [0.4, 0.5) is 5.69 Å². The number of hydrogen-bond donors (Lipinski definition) is 2. The first kappa shape index (κ1) is 23.3. The number of nitro benzene ring substituents is 1. The number of aromatic amines is 1. The molecule has 2 heterocycles. The summed E-state index contributed by atoms with van der Waals surface area (Å²) < 4.78 is 6.25. The zero-order chi connectivity index (χ0) is 23.7. The van der Waals surface area contributed by atoms with Gasteiger partial charge in [-0.1, -0.05) is 47.3 Å². The van der Waals surface area contributed by atoms with Crippen LogP contribution in [0, 0.1) is 24.0 Å². The number of rotatable bonds is 6. The van der Waals surface area contributed by atoms with Crippen LogP contribution in [0.5, 0.6) is 5.75 Å². The molecule has 1 saturated heterocycles. The Bertz CT molecular complexity index is 1250. The molecule has 0 amide bonds. The van der Waals surface area contributed by atoms with Gasteiger partial charge in [0.25, 0.3) is 11.2 Å². The van der Waals surface area contributed by atoms with Gasteiger partial charge in [0.1, 0.15) is 10.8 Å². The average molecular weight is 470 g/mol.